The fraction of sp³-hybridized carbons (Fsp3) is 0.235. The first kappa shape index (κ1) is 18.4. The second-order valence-electron chi connectivity index (χ2n) is 5.91. The van der Waals surface area contributed by atoms with E-state index in [-0.39, 0.29) is 16.5 Å². The number of aromatic carboxylic acids is 1. The Morgan fingerprint density at radius 3 is 2.56 bits per heavy atom. The van der Waals surface area contributed by atoms with Gasteiger partial charge in [0.2, 0.25) is 10.0 Å². The number of hydrogen-bond donors (Lipinski definition) is 2. The second kappa shape index (κ2) is 7.07. The minimum Gasteiger partial charge on any atom is -0.478 e. The number of carbonyl (C=O) groups is 1. The van der Waals surface area contributed by atoms with Crippen molar-refractivity contribution >= 4 is 43.5 Å². The standard InChI is InChI=1S/C17H15BrClNO4S/c18-11-7-10-8-13(3-6-15(10)16(9-11)17(21)22)20-25(23,24)14-4-1-12(19)2-5-14/h1-2,4-5,7,9,13,20H,3,6,8H2,(H,21,22). The van der Waals surface area contributed by atoms with Gasteiger partial charge in [0.25, 0.3) is 0 Å². The van der Waals surface area contributed by atoms with Crippen LogP contribution in [0.5, 0.6) is 0 Å². The Bertz CT molecular complexity index is 928. The molecule has 0 radical (unpaired) electrons. The van der Waals surface area contributed by atoms with Gasteiger partial charge in [-0.05, 0) is 66.8 Å². The molecule has 0 fully saturated rings. The lowest BCUT2D eigenvalue weighted by Crippen LogP contribution is -2.39. The number of carboxylic acids is 1. The molecular weight excluding hydrogens is 430 g/mol. The van der Waals surface area contributed by atoms with Crippen LogP contribution in [0.3, 0.4) is 0 Å². The van der Waals surface area contributed by atoms with E-state index in [1.54, 1.807) is 6.07 Å². The SMILES string of the molecule is O=C(O)c1cc(Br)cc2c1CCC(NS(=O)(=O)c1ccc(Cl)cc1)C2. The third-order valence-corrected chi connectivity index (χ3v) is 6.44. The van der Waals surface area contributed by atoms with Crippen LogP contribution in [0.4, 0.5) is 0 Å². The van der Waals surface area contributed by atoms with Crippen LogP contribution in [-0.2, 0) is 22.9 Å². The minimum atomic E-state index is -3.65. The molecule has 0 saturated heterocycles. The molecule has 8 heteroatoms. The Hall–Kier alpha value is -1.41. The summed E-state index contributed by atoms with van der Waals surface area (Å²) in [5.74, 6) is -0.974. The fourth-order valence-corrected chi connectivity index (χ4v) is 4.95. The zero-order valence-electron chi connectivity index (χ0n) is 13.0. The summed E-state index contributed by atoms with van der Waals surface area (Å²) in [6.07, 6.45) is 1.50. The maximum absolute atomic E-state index is 12.5. The third kappa shape index (κ3) is 4.06. The summed E-state index contributed by atoms with van der Waals surface area (Å²) in [6.45, 7) is 0. The van der Waals surface area contributed by atoms with Gasteiger partial charge < -0.3 is 5.11 Å². The Balaban J connectivity index is 1.84. The lowest BCUT2D eigenvalue weighted by molar-refractivity contribution is 0.0695. The minimum absolute atomic E-state index is 0.156. The van der Waals surface area contributed by atoms with Crippen LogP contribution in [0.25, 0.3) is 0 Å². The molecule has 0 heterocycles. The maximum Gasteiger partial charge on any atom is 0.336 e. The van der Waals surface area contributed by atoms with E-state index in [9.17, 15) is 18.3 Å². The van der Waals surface area contributed by atoms with E-state index in [4.69, 9.17) is 11.6 Å². The maximum atomic E-state index is 12.5. The van der Waals surface area contributed by atoms with Crippen LogP contribution in [0.2, 0.25) is 5.02 Å². The summed E-state index contributed by atoms with van der Waals surface area (Å²) in [4.78, 5) is 11.6. The van der Waals surface area contributed by atoms with Crippen LogP contribution in [0.1, 0.15) is 27.9 Å². The molecule has 0 aliphatic heterocycles. The molecule has 5 nitrogen and oxygen atoms in total. The quantitative estimate of drug-likeness (QED) is 0.754. The van der Waals surface area contributed by atoms with Crippen LogP contribution < -0.4 is 4.72 Å². The molecule has 1 aliphatic rings. The van der Waals surface area contributed by atoms with Gasteiger partial charge in [-0.3, -0.25) is 0 Å². The van der Waals surface area contributed by atoms with Gasteiger partial charge in [0, 0.05) is 15.5 Å². The number of benzene rings is 2. The van der Waals surface area contributed by atoms with Crippen molar-refractivity contribution in [1.29, 1.82) is 0 Å². The second-order valence-corrected chi connectivity index (χ2v) is 8.98. The van der Waals surface area contributed by atoms with Gasteiger partial charge in [0.15, 0.2) is 0 Å². The molecule has 0 aromatic heterocycles. The van der Waals surface area contributed by atoms with E-state index in [2.05, 4.69) is 20.7 Å². The summed E-state index contributed by atoms with van der Waals surface area (Å²) >= 11 is 9.12. The van der Waals surface area contributed by atoms with Crippen molar-refractivity contribution in [3.63, 3.8) is 0 Å². The van der Waals surface area contributed by atoms with Gasteiger partial charge in [0.1, 0.15) is 0 Å². The first-order chi connectivity index (χ1) is 11.8. The molecule has 1 aliphatic carbocycles. The van der Waals surface area contributed by atoms with Gasteiger partial charge in [-0.1, -0.05) is 27.5 Å². The van der Waals surface area contributed by atoms with Crippen LogP contribution >= 0.6 is 27.5 Å². The molecular formula is C17H15BrClNO4S. The van der Waals surface area contributed by atoms with E-state index < -0.39 is 16.0 Å². The van der Waals surface area contributed by atoms with Gasteiger partial charge in [0.05, 0.1) is 10.5 Å². The predicted octanol–water partition coefficient (Wildman–Crippen LogP) is 3.64. The van der Waals surface area contributed by atoms with Crippen molar-refractivity contribution < 1.29 is 18.3 Å². The fourth-order valence-electron chi connectivity index (χ4n) is 3.05. The average molecular weight is 445 g/mol. The highest BCUT2D eigenvalue weighted by Gasteiger charge is 2.27. The van der Waals surface area contributed by atoms with Crippen molar-refractivity contribution in [1.82, 2.24) is 4.72 Å². The van der Waals surface area contributed by atoms with Crippen molar-refractivity contribution in [2.45, 2.75) is 30.2 Å². The van der Waals surface area contributed by atoms with Crippen LogP contribution in [-0.4, -0.2) is 25.5 Å². The molecule has 0 amide bonds. The third-order valence-electron chi connectivity index (χ3n) is 4.19. The Labute approximate surface area is 159 Å². The normalized spacial score (nSPS) is 17.1. The van der Waals surface area contributed by atoms with Crippen molar-refractivity contribution in [3.8, 4) is 0 Å². The Kier molecular flexibility index (Phi) is 5.20. The largest absolute Gasteiger partial charge is 0.478 e. The first-order valence-electron chi connectivity index (χ1n) is 7.59. The van der Waals surface area contributed by atoms with Crippen molar-refractivity contribution in [3.05, 3.63) is 62.6 Å². The van der Waals surface area contributed by atoms with Crippen LogP contribution in [0, 0.1) is 0 Å². The van der Waals surface area contributed by atoms with Gasteiger partial charge >= 0.3 is 5.97 Å². The zero-order valence-corrected chi connectivity index (χ0v) is 16.2. The van der Waals surface area contributed by atoms with E-state index in [1.807, 2.05) is 6.07 Å². The number of hydrogen-bond acceptors (Lipinski definition) is 3. The van der Waals surface area contributed by atoms with Gasteiger partial charge in [-0.2, -0.15) is 0 Å². The summed E-state index contributed by atoms with van der Waals surface area (Å²) < 4.78 is 28.4. The smallest absolute Gasteiger partial charge is 0.336 e. The lowest BCUT2D eigenvalue weighted by atomic mass is 9.86. The highest BCUT2D eigenvalue weighted by atomic mass is 79.9. The molecule has 0 bridgehead atoms. The number of rotatable bonds is 4. The van der Waals surface area contributed by atoms with E-state index in [0.29, 0.717) is 28.8 Å². The molecule has 25 heavy (non-hydrogen) atoms. The number of sulfonamides is 1. The Morgan fingerprint density at radius 1 is 1.24 bits per heavy atom. The van der Waals surface area contributed by atoms with Gasteiger partial charge in [-0.25, -0.2) is 17.9 Å². The lowest BCUT2D eigenvalue weighted by Gasteiger charge is -2.26. The molecule has 3 rings (SSSR count). The van der Waals surface area contributed by atoms with Crippen LogP contribution in [0.15, 0.2) is 45.8 Å². The molecule has 0 saturated carbocycles. The molecule has 1 unspecified atom stereocenters. The number of halogens is 2. The zero-order chi connectivity index (χ0) is 18.2. The van der Waals surface area contributed by atoms with E-state index in [0.717, 1.165) is 11.1 Å². The van der Waals surface area contributed by atoms with E-state index >= 15 is 0 Å². The monoisotopic (exact) mass is 443 g/mol. The van der Waals surface area contributed by atoms with Crippen molar-refractivity contribution in [2.75, 3.05) is 0 Å². The molecule has 1 atom stereocenters. The Morgan fingerprint density at radius 2 is 1.92 bits per heavy atom. The number of nitrogens with one attached hydrogen (secondary N) is 1. The predicted molar refractivity (Wildman–Crippen MR) is 98.7 cm³/mol. The first-order valence-corrected chi connectivity index (χ1v) is 10.2. The molecule has 132 valence electrons. The highest BCUT2D eigenvalue weighted by molar-refractivity contribution is 9.10. The molecule has 2 aromatic rings. The van der Waals surface area contributed by atoms with E-state index in [1.165, 1.54) is 24.3 Å². The molecule has 2 N–H and O–H groups in total. The summed E-state index contributed by atoms with van der Waals surface area (Å²) in [7, 11) is -3.65. The summed E-state index contributed by atoms with van der Waals surface area (Å²) in [6, 6.07) is 9.12. The summed E-state index contributed by atoms with van der Waals surface area (Å²) in [5, 5.41) is 9.81. The van der Waals surface area contributed by atoms with Gasteiger partial charge in [-0.15, -0.1) is 0 Å². The molecule has 0 spiro atoms. The number of carboxylic acid groups (broad SMARTS) is 1. The summed E-state index contributed by atoms with van der Waals surface area (Å²) in [5.41, 5.74) is 1.89. The van der Waals surface area contributed by atoms with Crippen molar-refractivity contribution in [2.24, 2.45) is 0 Å². The number of fused-ring (bicyclic) bond motifs is 1. The molecule has 2 aromatic carbocycles. The highest BCUT2D eigenvalue weighted by Crippen LogP contribution is 2.29. The topological polar surface area (TPSA) is 83.5 Å². The average Bonchev–Trinajstić information content (AvgIpc) is 2.53.